The molecule has 0 aliphatic carbocycles. The predicted molar refractivity (Wildman–Crippen MR) is 77.4 cm³/mol. The molecule has 1 amide bonds. The molecule has 1 heterocycles. The quantitative estimate of drug-likeness (QED) is 0.885. The van der Waals surface area contributed by atoms with E-state index in [1.807, 2.05) is 18.2 Å². The van der Waals surface area contributed by atoms with Gasteiger partial charge < -0.3 is 10.6 Å². The van der Waals surface area contributed by atoms with E-state index >= 15 is 0 Å². The molecule has 100 valence electrons. The van der Waals surface area contributed by atoms with Gasteiger partial charge in [0.15, 0.2) is 0 Å². The Labute approximate surface area is 115 Å². The minimum absolute atomic E-state index is 0. The zero-order chi connectivity index (χ0) is 12.3. The van der Waals surface area contributed by atoms with E-state index < -0.39 is 0 Å². The number of nitrogens with one attached hydrogen (secondary N) is 2. The van der Waals surface area contributed by atoms with Crippen LogP contribution in [0.25, 0.3) is 0 Å². The maximum absolute atomic E-state index is 12.0. The zero-order valence-electron chi connectivity index (χ0n) is 10.9. The number of hydrogen-bond donors (Lipinski definition) is 2. The summed E-state index contributed by atoms with van der Waals surface area (Å²) in [6, 6.07) is 8.04. The van der Waals surface area contributed by atoms with Gasteiger partial charge in [-0.25, -0.2) is 0 Å². The van der Waals surface area contributed by atoms with Crippen LogP contribution >= 0.6 is 12.4 Å². The number of para-hydroxylation sites is 1. The number of rotatable bonds is 3. The van der Waals surface area contributed by atoms with Crippen molar-refractivity contribution >= 4 is 24.0 Å². The Morgan fingerprint density at radius 2 is 2.11 bits per heavy atom. The highest BCUT2D eigenvalue weighted by Gasteiger charge is 2.22. The molecule has 4 heteroatoms. The highest BCUT2D eigenvalue weighted by molar-refractivity contribution is 5.93. The lowest BCUT2D eigenvalue weighted by molar-refractivity contribution is -0.119. The van der Waals surface area contributed by atoms with Gasteiger partial charge in [0, 0.05) is 12.2 Å². The molecule has 0 saturated carbocycles. The molecule has 1 aliphatic heterocycles. The van der Waals surface area contributed by atoms with Gasteiger partial charge in [0.2, 0.25) is 5.91 Å². The van der Waals surface area contributed by atoms with Crippen LogP contribution in [0.1, 0.15) is 31.7 Å². The third-order valence-electron chi connectivity index (χ3n) is 3.27. The highest BCUT2D eigenvalue weighted by atomic mass is 35.5. The van der Waals surface area contributed by atoms with Crippen LogP contribution in [0.4, 0.5) is 5.69 Å². The Kier molecular flexibility index (Phi) is 5.63. The van der Waals surface area contributed by atoms with Crippen LogP contribution in [0.3, 0.4) is 0 Å². The van der Waals surface area contributed by atoms with E-state index in [1.165, 1.54) is 5.56 Å². The van der Waals surface area contributed by atoms with E-state index in [4.69, 9.17) is 0 Å². The summed E-state index contributed by atoms with van der Waals surface area (Å²) in [5.41, 5.74) is 2.16. The maximum Gasteiger partial charge on any atom is 0.228 e. The smallest absolute Gasteiger partial charge is 0.228 e. The molecule has 18 heavy (non-hydrogen) atoms. The van der Waals surface area contributed by atoms with Gasteiger partial charge in [-0.1, -0.05) is 32.0 Å². The number of carbonyl (C=O) groups excluding carboxylic acids is 1. The van der Waals surface area contributed by atoms with Crippen molar-refractivity contribution < 1.29 is 4.79 Å². The Hall–Kier alpha value is -1.06. The Balaban J connectivity index is 0.00000162. The lowest BCUT2D eigenvalue weighted by atomic mass is 10.0. The van der Waals surface area contributed by atoms with Gasteiger partial charge in [-0.05, 0) is 30.5 Å². The van der Waals surface area contributed by atoms with E-state index in [2.05, 4.69) is 30.5 Å². The monoisotopic (exact) mass is 268 g/mol. The van der Waals surface area contributed by atoms with Crippen LogP contribution in [-0.2, 0) is 4.79 Å². The molecule has 1 aromatic carbocycles. The van der Waals surface area contributed by atoms with Gasteiger partial charge >= 0.3 is 0 Å². The average Bonchev–Trinajstić information content (AvgIpc) is 2.83. The normalized spacial score (nSPS) is 18.5. The first-order valence-electron chi connectivity index (χ1n) is 6.29. The van der Waals surface area contributed by atoms with Gasteiger partial charge in [0.1, 0.15) is 0 Å². The first-order chi connectivity index (χ1) is 8.18. The summed E-state index contributed by atoms with van der Waals surface area (Å²) in [6.07, 6.45) is 0.940. The molecule has 2 N–H and O–H groups in total. The van der Waals surface area contributed by atoms with Crippen LogP contribution in [0.2, 0.25) is 0 Å². The third-order valence-corrected chi connectivity index (χ3v) is 3.27. The van der Waals surface area contributed by atoms with Crippen molar-refractivity contribution in [2.75, 3.05) is 18.4 Å². The second kappa shape index (κ2) is 6.76. The van der Waals surface area contributed by atoms with E-state index in [9.17, 15) is 4.79 Å². The summed E-state index contributed by atoms with van der Waals surface area (Å²) in [4.78, 5) is 12.0. The Bertz CT molecular complexity index is 401. The number of carbonyl (C=O) groups is 1. The molecule has 0 spiro atoms. The summed E-state index contributed by atoms with van der Waals surface area (Å²) in [5, 5.41) is 6.27. The standard InChI is InChI=1S/C14H20N2O.ClH/c1-10(2)12-5-3-4-6-13(12)16-14(17)11-7-8-15-9-11;/h3-6,10-11,15H,7-9H2,1-2H3,(H,16,17);1H. The molecule has 1 atom stereocenters. The van der Waals surface area contributed by atoms with Crippen molar-refractivity contribution in [3.63, 3.8) is 0 Å². The molecule has 0 bridgehead atoms. The van der Waals surface area contributed by atoms with Crippen LogP contribution in [0, 0.1) is 5.92 Å². The number of amides is 1. The minimum atomic E-state index is 0. The molecule has 1 unspecified atom stereocenters. The molecule has 1 aromatic rings. The van der Waals surface area contributed by atoms with Crippen molar-refractivity contribution in [1.82, 2.24) is 5.32 Å². The van der Waals surface area contributed by atoms with Gasteiger partial charge in [0.05, 0.1) is 5.92 Å². The number of halogens is 1. The minimum Gasteiger partial charge on any atom is -0.326 e. The van der Waals surface area contributed by atoms with Crippen LogP contribution in [0.5, 0.6) is 0 Å². The first-order valence-corrected chi connectivity index (χ1v) is 6.29. The molecule has 2 rings (SSSR count). The van der Waals surface area contributed by atoms with Crippen molar-refractivity contribution in [3.8, 4) is 0 Å². The third kappa shape index (κ3) is 3.47. The largest absolute Gasteiger partial charge is 0.326 e. The second-order valence-corrected chi connectivity index (χ2v) is 4.92. The van der Waals surface area contributed by atoms with Crippen LogP contribution < -0.4 is 10.6 Å². The fourth-order valence-electron chi connectivity index (χ4n) is 2.23. The van der Waals surface area contributed by atoms with Crippen molar-refractivity contribution in [2.24, 2.45) is 5.92 Å². The van der Waals surface area contributed by atoms with Gasteiger partial charge in [0.25, 0.3) is 0 Å². The molecule has 1 fully saturated rings. The molecule has 1 saturated heterocycles. The van der Waals surface area contributed by atoms with E-state index in [-0.39, 0.29) is 24.2 Å². The molecule has 3 nitrogen and oxygen atoms in total. The van der Waals surface area contributed by atoms with E-state index in [0.717, 1.165) is 25.2 Å². The average molecular weight is 269 g/mol. The topological polar surface area (TPSA) is 41.1 Å². The molecule has 0 radical (unpaired) electrons. The summed E-state index contributed by atoms with van der Waals surface area (Å²) in [6.45, 7) is 6.03. The molecule has 0 aromatic heterocycles. The Morgan fingerprint density at radius 3 is 2.72 bits per heavy atom. The van der Waals surface area contributed by atoms with Gasteiger partial charge in [-0.3, -0.25) is 4.79 Å². The Morgan fingerprint density at radius 1 is 1.39 bits per heavy atom. The number of hydrogen-bond acceptors (Lipinski definition) is 2. The van der Waals surface area contributed by atoms with Crippen molar-refractivity contribution in [3.05, 3.63) is 29.8 Å². The van der Waals surface area contributed by atoms with Crippen LogP contribution in [-0.4, -0.2) is 19.0 Å². The van der Waals surface area contributed by atoms with E-state index in [1.54, 1.807) is 0 Å². The number of anilines is 1. The molecular weight excluding hydrogens is 248 g/mol. The summed E-state index contributed by atoms with van der Waals surface area (Å²) >= 11 is 0. The summed E-state index contributed by atoms with van der Waals surface area (Å²) < 4.78 is 0. The fourth-order valence-corrected chi connectivity index (χ4v) is 2.23. The molecule has 1 aliphatic rings. The van der Waals surface area contributed by atoms with E-state index in [0.29, 0.717) is 5.92 Å². The predicted octanol–water partition coefficient (Wildman–Crippen LogP) is 2.78. The zero-order valence-corrected chi connectivity index (χ0v) is 11.7. The number of benzene rings is 1. The second-order valence-electron chi connectivity index (χ2n) is 4.92. The first kappa shape index (κ1) is 15.0. The van der Waals surface area contributed by atoms with Crippen molar-refractivity contribution in [1.29, 1.82) is 0 Å². The lowest BCUT2D eigenvalue weighted by Gasteiger charge is -2.15. The highest BCUT2D eigenvalue weighted by Crippen LogP contribution is 2.24. The summed E-state index contributed by atoms with van der Waals surface area (Å²) in [5.74, 6) is 0.687. The summed E-state index contributed by atoms with van der Waals surface area (Å²) in [7, 11) is 0. The van der Waals surface area contributed by atoms with Gasteiger partial charge in [-0.2, -0.15) is 0 Å². The lowest BCUT2D eigenvalue weighted by Crippen LogP contribution is -2.25. The van der Waals surface area contributed by atoms with Crippen molar-refractivity contribution in [2.45, 2.75) is 26.2 Å². The fraction of sp³-hybridized carbons (Fsp3) is 0.500. The SMILES string of the molecule is CC(C)c1ccccc1NC(=O)C1CCNC1.Cl. The van der Waals surface area contributed by atoms with Gasteiger partial charge in [-0.15, -0.1) is 12.4 Å². The molecular formula is C14H21ClN2O. The van der Waals surface area contributed by atoms with Crippen LogP contribution in [0.15, 0.2) is 24.3 Å². The maximum atomic E-state index is 12.0.